The van der Waals surface area contributed by atoms with Gasteiger partial charge in [0.2, 0.25) is 0 Å². The van der Waals surface area contributed by atoms with Crippen LogP contribution in [-0.2, 0) is 14.9 Å². The molecule has 1 atom stereocenters. The molecular weight excluding hydrogens is 183 g/mol. The summed E-state index contributed by atoms with van der Waals surface area (Å²) >= 11 is 0. The van der Waals surface area contributed by atoms with Gasteiger partial charge >= 0.3 is 29.6 Å². The molecule has 0 aromatic heterocycles. The zero-order valence-electron chi connectivity index (χ0n) is 6.11. The molecule has 1 N–H and O–H groups in total. The van der Waals surface area contributed by atoms with Crippen LogP contribution in [0.25, 0.3) is 0 Å². The molecule has 0 radical (unpaired) electrons. The first-order chi connectivity index (χ1) is 4.46. The van der Waals surface area contributed by atoms with Crippen LogP contribution in [0.15, 0.2) is 0 Å². The predicted molar refractivity (Wildman–Crippen MR) is 30.1 cm³/mol. The van der Waals surface area contributed by atoms with Crippen LogP contribution in [0.5, 0.6) is 0 Å². The largest absolute Gasteiger partial charge is 1.00 e. The van der Waals surface area contributed by atoms with E-state index >= 15 is 0 Å². The average Bonchev–Trinajstić information content (AvgIpc) is 2.13. The summed E-state index contributed by atoms with van der Waals surface area (Å²) in [6.45, 7) is -0.281. The monoisotopic (exact) mass is 190 g/mol. The summed E-state index contributed by atoms with van der Waals surface area (Å²) in [6, 6.07) is 0. The topological polar surface area (TPSA) is 86.7 Å². The summed E-state index contributed by atoms with van der Waals surface area (Å²) < 4.78 is 35.4. The summed E-state index contributed by atoms with van der Waals surface area (Å²) in [5.41, 5.74) is 0. The van der Waals surface area contributed by atoms with Crippen molar-refractivity contribution in [3.05, 3.63) is 0 Å². The van der Waals surface area contributed by atoms with Crippen LogP contribution in [0, 0.1) is 0 Å². The first-order valence-corrected chi connectivity index (χ1v) is 4.12. The molecule has 0 bridgehead atoms. The summed E-state index contributed by atoms with van der Waals surface area (Å²) in [5.74, 6) is 0. The van der Waals surface area contributed by atoms with Gasteiger partial charge in [0.25, 0.3) is 0 Å². The second kappa shape index (κ2) is 3.69. The van der Waals surface area contributed by atoms with Gasteiger partial charge in [0.1, 0.15) is 10.1 Å². The fourth-order valence-corrected chi connectivity index (χ4v) is 1.29. The Morgan fingerprint density at radius 2 is 2.09 bits per heavy atom. The number of rotatable bonds is 1. The van der Waals surface area contributed by atoms with E-state index in [0.29, 0.717) is 0 Å². The van der Waals surface area contributed by atoms with E-state index in [-0.39, 0.29) is 42.6 Å². The Bertz CT molecular complexity index is 217. The summed E-state index contributed by atoms with van der Waals surface area (Å²) in [7, 11) is -4.62. The van der Waals surface area contributed by atoms with Gasteiger partial charge in [-0.15, -0.1) is 0 Å². The molecule has 0 aromatic rings. The Hall–Kier alpha value is 0.830. The maximum absolute atomic E-state index is 10.3. The van der Waals surface area contributed by atoms with Gasteiger partial charge in [-0.1, -0.05) is 0 Å². The minimum atomic E-state index is -4.62. The van der Waals surface area contributed by atoms with Gasteiger partial charge in [-0.2, -0.15) is 0 Å². The minimum absolute atomic E-state index is 0. The number of hydrogen-bond donors (Lipinski definition) is 1. The van der Waals surface area contributed by atoms with Crippen LogP contribution in [0.3, 0.4) is 0 Å². The van der Waals surface area contributed by atoms with Gasteiger partial charge in [-0.3, -0.25) is 0 Å². The number of ether oxygens (including phenoxy) is 1. The average molecular weight is 190 g/mol. The van der Waals surface area contributed by atoms with Crippen molar-refractivity contribution in [1.29, 1.82) is 0 Å². The second-order valence-electron chi connectivity index (χ2n) is 2.20. The predicted octanol–water partition coefficient (Wildman–Crippen LogP) is -4.36. The van der Waals surface area contributed by atoms with Crippen LogP contribution >= 0.6 is 0 Å². The molecule has 1 fully saturated rings. The first kappa shape index (κ1) is 11.8. The molecule has 60 valence electrons. The van der Waals surface area contributed by atoms with E-state index in [9.17, 15) is 13.0 Å². The van der Waals surface area contributed by atoms with E-state index in [4.69, 9.17) is 5.11 Å². The van der Waals surface area contributed by atoms with E-state index in [0.717, 1.165) is 0 Å². The Labute approximate surface area is 86.8 Å². The van der Waals surface area contributed by atoms with E-state index in [2.05, 4.69) is 4.74 Å². The smallest absolute Gasteiger partial charge is 0.746 e. The number of hydrogen-bond acceptors (Lipinski definition) is 5. The van der Waals surface area contributed by atoms with Gasteiger partial charge in [-0.25, -0.2) is 8.42 Å². The van der Waals surface area contributed by atoms with Crippen LogP contribution < -0.4 is 29.6 Å². The molecule has 11 heavy (non-hydrogen) atoms. The molecule has 1 saturated heterocycles. The van der Waals surface area contributed by atoms with Crippen LogP contribution in [0.2, 0.25) is 0 Å². The molecule has 1 rings (SSSR count). The maximum Gasteiger partial charge on any atom is 1.00 e. The third-order valence-electron chi connectivity index (χ3n) is 1.43. The number of aliphatic hydroxyl groups is 1. The van der Waals surface area contributed by atoms with E-state index in [1.807, 2.05) is 0 Å². The molecule has 1 unspecified atom stereocenters. The van der Waals surface area contributed by atoms with Gasteiger partial charge in [0.15, 0.2) is 4.93 Å². The van der Waals surface area contributed by atoms with Crippen LogP contribution in [0.1, 0.15) is 6.42 Å². The van der Waals surface area contributed by atoms with Crippen molar-refractivity contribution in [3.8, 4) is 0 Å². The Kier molecular flexibility index (Phi) is 3.97. The van der Waals surface area contributed by atoms with Gasteiger partial charge in [0.05, 0.1) is 13.2 Å². The van der Waals surface area contributed by atoms with Crippen molar-refractivity contribution in [3.63, 3.8) is 0 Å². The Morgan fingerprint density at radius 3 is 2.27 bits per heavy atom. The molecular formula is C4H7NaO5S. The molecule has 0 saturated carbocycles. The van der Waals surface area contributed by atoms with E-state index < -0.39 is 21.7 Å². The van der Waals surface area contributed by atoms with Crippen LogP contribution in [0.4, 0.5) is 0 Å². The minimum Gasteiger partial charge on any atom is -0.746 e. The second-order valence-corrected chi connectivity index (χ2v) is 3.87. The molecule has 1 aliphatic rings. The van der Waals surface area contributed by atoms with E-state index in [1.165, 1.54) is 0 Å². The Balaban J connectivity index is 0.000001000. The molecule has 0 amide bonds. The molecule has 1 heterocycles. The normalized spacial score (nSPS) is 31.5. The molecule has 0 spiro atoms. The molecule has 7 heteroatoms. The van der Waals surface area contributed by atoms with Gasteiger partial charge in [0, 0.05) is 6.42 Å². The Morgan fingerprint density at radius 1 is 1.55 bits per heavy atom. The first-order valence-electron chi connectivity index (χ1n) is 2.71. The molecule has 0 aromatic carbocycles. The van der Waals surface area contributed by atoms with Crippen molar-refractivity contribution in [2.24, 2.45) is 0 Å². The van der Waals surface area contributed by atoms with Gasteiger partial charge in [-0.05, 0) is 0 Å². The fraction of sp³-hybridized carbons (Fsp3) is 1.00. The van der Waals surface area contributed by atoms with E-state index in [1.54, 1.807) is 0 Å². The summed E-state index contributed by atoms with van der Waals surface area (Å²) in [6.07, 6.45) is -0.126. The van der Waals surface area contributed by atoms with Crippen LogP contribution in [-0.4, -0.2) is 36.2 Å². The maximum atomic E-state index is 10.3. The van der Waals surface area contributed by atoms with Crippen molar-refractivity contribution in [2.45, 2.75) is 11.4 Å². The molecule has 1 aliphatic heterocycles. The molecule has 0 aliphatic carbocycles. The van der Waals surface area contributed by atoms with Crippen molar-refractivity contribution in [2.75, 3.05) is 13.2 Å². The van der Waals surface area contributed by atoms with Crippen molar-refractivity contribution in [1.82, 2.24) is 0 Å². The fourth-order valence-electron chi connectivity index (χ4n) is 0.733. The third-order valence-corrected chi connectivity index (χ3v) is 2.68. The van der Waals surface area contributed by atoms with Crippen molar-refractivity contribution < 1.29 is 52.4 Å². The zero-order chi connectivity index (χ0) is 7.83. The quantitative estimate of drug-likeness (QED) is 0.333. The zero-order valence-corrected chi connectivity index (χ0v) is 8.93. The van der Waals surface area contributed by atoms with Gasteiger partial charge < -0.3 is 14.4 Å². The summed E-state index contributed by atoms with van der Waals surface area (Å²) in [4.78, 5) is -2.17. The third kappa shape index (κ3) is 2.38. The summed E-state index contributed by atoms with van der Waals surface area (Å²) in [5, 5.41) is 9.00. The molecule has 5 nitrogen and oxygen atoms in total. The standard InChI is InChI=1S/C4H8O5S.Na/c5-4(10(6,7)8)1-2-9-3-4;/h5H,1-3H2,(H,6,7,8);/q;+1/p-1. The SMILES string of the molecule is O=S(=O)([O-])C1(O)CCOC1.[Na+]. The van der Waals surface area contributed by atoms with Crippen molar-refractivity contribution >= 4 is 10.1 Å².